The molecule has 0 saturated heterocycles. The van der Waals surface area contributed by atoms with Gasteiger partial charge in [0.15, 0.2) is 5.78 Å². The van der Waals surface area contributed by atoms with Gasteiger partial charge in [-0.25, -0.2) is 0 Å². The van der Waals surface area contributed by atoms with Gasteiger partial charge in [-0.15, -0.1) is 0 Å². The molecule has 0 aromatic heterocycles. The van der Waals surface area contributed by atoms with Crippen molar-refractivity contribution >= 4 is 27.4 Å². The van der Waals surface area contributed by atoms with E-state index in [0.29, 0.717) is 17.7 Å². The van der Waals surface area contributed by atoms with Crippen molar-refractivity contribution in [3.8, 4) is 0 Å². The maximum atomic E-state index is 12.1. The molecule has 0 bridgehead atoms. The summed E-state index contributed by atoms with van der Waals surface area (Å²) in [5.74, 6) is 0.143. The highest BCUT2D eigenvalue weighted by Gasteiger charge is 2.07. The largest absolute Gasteiger partial charge is 0.399 e. The number of Topliss-reactive ketones (excluding diaryl/α,β-unsaturated/α-hetero) is 1. The number of aryl methyl sites for hydroxylation is 1. The molecule has 0 radical (unpaired) electrons. The fourth-order valence-corrected chi connectivity index (χ4v) is 2.53. The van der Waals surface area contributed by atoms with Gasteiger partial charge >= 0.3 is 0 Å². The molecule has 0 atom stereocenters. The molecule has 2 rings (SSSR count). The Morgan fingerprint density at radius 1 is 1.11 bits per heavy atom. The summed E-state index contributed by atoms with van der Waals surface area (Å²) in [7, 11) is 0. The number of benzene rings is 2. The quantitative estimate of drug-likeness (QED) is 0.662. The third-order valence-corrected chi connectivity index (χ3v) is 3.41. The lowest BCUT2D eigenvalue weighted by atomic mass is 10.0. The van der Waals surface area contributed by atoms with Crippen LogP contribution in [-0.4, -0.2) is 5.78 Å². The molecule has 0 unspecified atom stereocenters. The predicted octanol–water partition coefficient (Wildman–Crippen LogP) is 4.24. The number of halogens is 1. The standard InChI is InChI=1S/C16H16BrNO/c17-14-9-13(10-15(18)11-14)16(19)8-4-7-12-5-2-1-3-6-12/h1-3,5-6,9-11H,4,7-8,18H2. The van der Waals surface area contributed by atoms with E-state index in [1.54, 1.807) is 12.1 Å². The van der Waals surface area contributed by atoms with E-state index in [1.165, 1.54) is 5.56 Å². The van der Waals surface area contributed by atoms with Gasteiger partial charge in [-0.1, -0.05) is 46.3 Å². The molecule has 2 N–H and O–H groups in total. The highest BCUT2D eigenvalue weighted by Crippen LogP contribution is 2.19. The number of nitrogen functional groups attached to an aromatic ring is 1. The fourth-order valence-electron chi connectivity index (χ4n) is 2.02. The lowest BCUT2D eigenvalue weighted by Crippen LogP contribution is -2.01. The van der Waals surface area contributed by atoms with Crippen LogP contribution in [0, 0.1) is 0 Å². The molecule has 0 fully saturated rings. The molecule has 0 saturated carbocycles. The molecular formula is C16H16BrNO. The zero-order valence-electron chi connectivity index (χ0n) is 10.6. The summed E-state index contributed by atoms with van der Waals surface area (Å²) in [6, 6.07) is 15.6. The van der Waals surface area contributed by atoms with Gasteiger partial charge in [0, 0.05) is 22.1 Å². The lowest BCUT2D eigenvalue weighted by molar-refractivity contribution is 0.0980. The van der Waals surface area contributed by atoms with Crippen LogP contribution in [0.5, 0.6) is 0 Å². The summed E-state index contributed by atoms with van der Waals surface area (Å²) in [5, 5.41) is 0. The van der Waals surface area contributed by atoms with Crippen molar-refractivity contribution in [2.45, 2.75) is 19.3 Å². The molecule has 2 aromatic rings. The van der Waals surface area contributed by atoms with Gasteiger partial charge in [-0.2, -0.15) is 0 Å². The van der Waals surface area contributed by atoms with Crippen LogP contribution in [0.25, 0.3) is 0 Å². The molecule has 98 valence electrons. The number of rotatable bonds is 5. The van der Waals surface area contributed by atoms with Crippen LogP contribution in [0.1, 0.15) is 28.8 Å². The normalized spacial score (nSPS) is 10.4. The van der Waals surface area contributed by atoms with Crippen LogP contribution >= 0.6 is 15.9 Å². The van der Waals surface area contributed by atoms with Gasteiger partial charge in [0.2, 0.25) is 0 Å². The summed E-state index contributed by atoms with van der Waals surface area (Å²) < 4.78 is 0.846. The second-order valence-corrected chi connectivity index (χ2v) is 5.45. The Labute approximate surface area is 121 Å². The minimum atomic E-state index is 0.143. The van der Waals surface area contributed by atoms with E-state index < -0.39 is 0 Å². The van der Waals surface area contributed by atoms with Crippen LogP contribution in [0.4, 0.5) is 5.69 Å². The second-order valence-electron chi connectivity index (χ2n) is 4.54. The van der Waals surface area contributed by atoms with Gasteiger partial charge in [-0.05, 0) is 36.6 Å². The molecule has 0 spiro atoms. The third-order valence-electron chi connectivity index (χ3n) is 2.95. The van der Waals surface area contributed by atoms with Gasteiger partial charge < -0.3 is 5.73 Å². The first-order valence-electron chi connectivity index (χ1n) is 6.28. The molecule has 2 aromatic carbocycles. The summed E-state index contributed by atoms with van der Waals surface area (Å²) >= 11 is 3.35. The summed E-state index contributed by atoms with van der Waals surface area (Å²) in [5.41, 5.74) is 8.29. The van der Waals surface area contributed by atoms with Crippen LogP contribution in [0.3, 0.4) is 0 Å². The van der Waals surface area contributed by atoms with Crippen LogP contribution in [-0.2, 0) is 6.42 Å². The van der Waals surface area contributed by atoms with Crippen molar-refractivity contribution in [2.75, 3.05) is 5.73 Å². The van der Waals surface area contributed by atoms with E-state index in [1.807, 2.05) is 24.3 Å². The van der Waals surface area contributed by atoms with E-state index in [4.69, 9.17) is 5.73 Å². The number of hydrogen-bond acceptors (Lipinski definition) is 2. The second kappa shape index (κ2) is 6.53. The maximum absolute atomic E-state index is 12.1. The first kappa shape index (κ1) is 13.8. The Bertz CT molecular complexity index is 546. The molecular weight excluding hydrogens is 302 g/mol. The Morgan fingerprint density at radius 2 is 1.84 bits per heavy atom. The zero-order valence-corrected chi connectivity index (χ0v) is 12.2. The van der Waals surface area contributed by atoms with Crippen molar-refractivity contribution in [1.82, 2.24) is 0 Å². The van der Waals surface area contributed by atoms with Gasteiger partial charge in [0.1, 0.15) is 0 Å². The number of carbonyl (C=O) groups is 1. The molecule has 0 aliphatic rings. The Balaban J connectivity index is 1.91. The number of carbonyl (C=O) groups excluding carboxylic acids is 1. The average Bonchev–Trinajstić information content (AvgIpc) is 2.38. The van der Waals surface area contributed by atoms with Crippen molar-refractivity contribution in [3.05, 3.63) is 64.1 Å². The molecule has 0 aliphatic carbocycles. The van der Waals surface area contributed by atoms with Crippen molar-refractivity contribution < 1.29 is 4.79 Å². The summed E-state index contributed by atoms with van der Waals surface area (Å²) in [4.78, 5) is 12.1. The number of hydrogen-bond donors (Lipinski definition) is 1. The van der Waals surface area contributed by atoms with E-state index in [0.717, 1.165) is 17.3 Å². The minimum absolute atomic E-state index is 0.143. The molecule has 0 aliphatic heterocycles. The third kappa shape index (κ3) is 4.21. The number of nitrogens with two attached hydrogens (primary N) is 1. The average molecular weight is 318 g/mol. The molecule has 2 nitrogen and oxygen atoms in total. The first-order chi connectivity index (χ1) is 9.15. The van der Waals surface area contributed by atoms with Crippen LogP contribution in [0.2, 0.25) is 0 Å². The Kier molecular flexibility index (Phi) is 4.74. The van der Waals surface area contributed by atoms with Crippen LogP contribution < -0.4 is 5.73 Å². The molecule has 3 heteroatoms. The highest BCUT2D eigenvalue weighted by molar-refractivity contribution is 9.10. The van der Waals surface area contributed by atoms with E-state index in [-0.39, 0.29) is 5.78 Å². The van der Waals surface area contributed by atoms with E-state index >= 15 is 0 Å². The van der Waals surface area contributed by atoms with Gasteiger partial charge in [0.05, 0.1) is 0 Å². The molecule has 19 heavy (non-hydrogen) atoms. The lowest BCUT2D eigenvalue weighted by Gasteiger charge is -2.04. The van der Waals surface area contributed by atoms with E-state index in [2.05, 4.69) is 28.1 Å². The molecule has 0 amide bonds. The van der Waals surface area contributed by atoms with Crippen molar-refractivity contribution in [1.29, 1.82) is 0 Å². The first-order valence-corrected chi connectivity index (χ1v) is 7.07. The van der Waals surface area contributed by atoms with Crippen LogP contribution in [0.15, 0.2) is 53.0 Å². The predicted molar refractivity (Wildman–Crippen MR) is 82.3 cm³/mol. The number of ketones is 1. The van der Waals surface area contributed by atoms with Gasteiger partial charge in [-0.3, -0.25) is 4.79 Å². The highest BCUT2D eigenvalue weighted by atomic mass is 79.9. The van der Waals surface area contributed by atoms with E-state index in [9.17, 15) is 4.79 Å². The van der Waals surface area contributed by atoms with Gasteiger partial charge in [0.25, 0.3) is 0 Å². The summed E-state index contributed by atoms with van der Waals surface area (Å²) in [6.45, 7) is 0. The SMILES string of the molecule is Nc1cc(Br)cc(C(=O)CCCc2ccccc2)c1. The smallest absolute Gasteiger partial charge is 0.163 e. The summed E-state index contributed by atoms with van der Waals surface area (Å²) in [6.07, 6.45) is 2.33. The minimum Gasteiger partial charge on any atom is -0.399 e. The monoisotopic (exact) mass is 317 g/mol. The Hall–Kier alpha value is -1.61. The number of anilines is 1. The Morgan fingerprint density at radius 3 is 2.53 bits per heavy atom. The zero-order chi connectivity index (χ0) is 13.7. The molecule has 0 heterocycles. The van der Waals surface area contributed by atoms with Crippen molar-refractivity contribution in [2.24, 2.45) is 0 Å². The fraction of sp³-hybridized carbons (Fsp3) is 0.188. The topological polar surface area (TPSA) is 43.1 Å². The maximum Gasteiger partial charge on any atom is 0.163 e. The van der Waals surface area contributed by atoms with Crippen molar-refractivity contribution in [3.63, 3.8) is 0 Å².